The number of anilines is 1. The summed E-state index contributed by atoms with van der Waals surface area (Å²) in [6.45, 7) is 4.73. The summed E-state index contributed by atoms with van der Waals surface area (Å²) in [5, 5.41) is 12.9. The summed E-state index contributed by atoms with van der Waals surface area (Å²) in [7, 11) is 0. The summed E-state index contributed by atoms with van der Waals surface area (Å²) in [5.74, 6) is -0.254. The Bertz CT molecular complexity index is 1480. The highest BCUT2D eigenvalue weighted by Gasteiger charge is 2.12. The molecule has 0 radical (unpaired) electrons. The minimum atomic E-state index is -0.254. The largest absolute Gasteiger partial charge is 0.321 e. The average molecular weight is 464 g/mol. The van der Waals surface area contributed by atoms with Gasteiger partial charge in [0.15, 0.2) is 5.65 Å². The topological polar surface area (TPSA) is 90.5 Å². The highest BCUT2D eigenvalue weighted by Crippen LogP contribution is 2.23. The Labute approximate surface area is 203 Å². The number of fused-ring (bicyclic) bond motifs is 1. The van der Waals surface area contributed by atoms with Gasteiger partial charge in [-0.2, -0.15) is 10.2 Å². The Morgan fingerprint density at radius 1 is 1.09 bits per heavy atom. The number of nitrogens with one attached hydrogen (secondary N) is 1. The molecule has 1 N–H and O–H groups in total. The molecule has 8 heteroatoms. The maximum Gasteiger partial charge on any atom is 0.248 e. The van der Waals surface area contributed by atoms with E-state index in [4.69, 9.17) is 5.10 Å². The summed E-state index contributed by atoms with van der Waals surface area (Å²) in [6, 6.07) is 16.0. The van der Waals surface area contributed by atoms with Crippen molar-refractivity contribution in [3.8, 4) is 11.3 Å². The van der Waals surface area contributed by atoms with Crippen LogP contribution in [0.1, 0.15) is 31.0 Å². The molecule has 8 nitrogen and oxygen atoms in total. The zero-order chi connectivity index (χ0) is 24.2. The van der Waals surface area contributed by atoms with E-state index in [-0.39, 0.29) is 11.9 Å². The molecule has 4 heterocycles. The smallest absolute Gasteiger partial charge is 0.248 e. The lowest BCUT2D eigenvalue weighted by Crippen LogP contribution is -2.08. The van der Waals surface area contributed by atoms with E-state index in [1.165, 1.54) is 6.08 Å². The van der Waals surface area contributed by atoms with Crippen molar-refractivity contribution in [1.29, 1.82) is 0 Å². The van der Waals surface area contributed by atoms with Gasteiger partial charge in [0.25, 0.3) is 0 Å². The van der Waals surface area contributed by atoms with Crippen LogP contribution in [0.2, 0.25) is 0 Å². The number of hydrogen-bond acceptors (Lipinski definition) is 5. The Balaban J connectivity index is 1.37. The van der Waals surface area contributed by atoms with E-state index in [2.05, 4.69) is 46.4 Å². The second-order valence-electron chi connectivity index (χ2n) is 8.50. The summed E-state index contributed by atoms with van der Waals surface area (Å²) in [6.07, 6.45) is 12.1. The van der Waals surface area contributed by atoms with Gasteiger partial charge in [-0.3, -0.25) is 14.5 Å². The van der Waals surface area contributed by atoms with Gasteiger partial charge in [-0.25, -0.2) is 9.67 Å². The van der Waals surface area contributed by atoms with Crippen LogP contribution in [-0.4, -0.2) is 35.4 Å². The van der Waals surface area contributed by atoms with Crippen LogP contribution in [0.3, 0.4) is 0 Å². The fourth-order valence-electron chi connectivity index (χ4n) is 3.87. The lowest BCUT2D eigenvalue weighted by atomic mass is 10.1. The number of nitrogens with zero attached hydrogens (tertiary/aromatic N) is 6. The zero-order valence-electron chi connectivity index (χ0n) is 19.5. The summed E-state index contributed by atoms with van der Waals surface area (Å²) < 4.78 is 3.73. The van der Waals surface area contributed by atoms with Gasteiger partial charge in [-0.15, -0.1) is 0 Å². The lowest BCUT2D eigenvalue weighted by molar-refractivity contribution is -0.111. The third-order valence-electron chi connectivity index (χ3n) is 5.52. The van der Waals surface area contributed by atoms with Crippen LogP contribution < -0.4 is 5.32 Å². The van der Waals surface area contributed by atoms with Crippen LogP contribution in [-0.2, 0) is 11.3 Å². The monoisotopic (exact) mass is 463 g/mol. The third-order valence-corrected chi connectivity index (χ3v) is 5.52. The second kappa shape index (κ2) is 9.72. The van der Waals surface area contributed by atoms with E-state index >= 15 is 0 Å². The van der Waals surface area contributed by atoms with Crippen molar-refractivity contribution >= 4 is 28.7 Å². The molecular weight excluding hydrogens is 438 g/mol. The number of benzene rings is 1. The maximum atomic E-state index is 12.7. The van der Waals surface area contributed by atoms with E-state index in [0.29, 0.717) is 12.2 Å². The third kappa shape index (κ3) is 5.01. The summed E-state index contributed by atoms with van der Waals surface area (Å²) in [5.41, 5.74) is 5.03. The predicted octanol–water partition coefficient (Wildman–Crippen LogP) is 4.97. The quantitative estimate of drug-likeness (QED) is 0.344. The molecule has 5 rings (SSSR count). The van der Waals surface area contributed by atoms with Gasteiger partial charge in [-0.1, -0.05) is 30.3 Å². The minimum Gasteiger partial charge on any atom is -0.321 e. The molecule has 0 atom stereocenters. The molecule has 4 aromatic heterocycles. The molecule has 0 bridgehead atoms. The normalized spacial score (nSPS) is 11.5. The zero-order valence-corrected chi connectivity index (χ0v) is 19.5. The van der Waals surface area contributed by atoms with Crippen LogP contribution in [0.5, 0.6) is 0 Å². The molecule has 0 unspecified atom stereocenters. The Morgan fingerprint density at radius 2 is 1.94 bits per heavy atom. The van der Waals surface area contributed by atoms with E-state index in [9.17, 15) is 4.79 Å². The van der Waals surface area contributed by atoms with Crippen LogP contribution in [0, 0.1) is 0 Å². The molecule has 5 aromatic rings. The SMILES string of the molecule is CC(C)n1ncc2cc(NC(=O)/C=C/c3cn(Cc4ccccc4)nc3-c3cccnc3)cnc21. The molecule has 1 aromatic carbocycles. The number of carbonyl (C=O) groups excluding carboxylic acids is 1. The molecule has 0 aliphatic rings. The summed E-state index contributed by atoms with van der Waals surface area (Å²) >= 11 is 0. The van der Waals surface area contributed by atoms with Gasteiger partial charge in [0, 0.05) is 47.2 Å². The van der Waals surface area contributed by atoms with Crippen molar-refractivity contribution in [3.63, 3.8) is 0 Å². The number of carbonyl (C=O) groups is 1. The number of hydrogen-bond donors (Lipinski definition) is 1. The Kier molecular flexibility index (Phi) is 6.17. The van der Waals surface area contributed by atoms with Crippen molar-refractivity contribution < 1.29 is 4.79 Å². The molecule has 0 aliphatic carbocycles. The standard InChI is InChI=1S/C27H25N7O/c1-19(2)34-27-23(15-30-34)13-24(16-29-27)31-25(35)11-10-22-18-33(17-20-7-4-3-5-8-20)32-26(22)21-9-6-12-28-14-21/h3-16,18-19H,17H2,1-2H3,(H,31,35)/b11-10+. The number of aromatic nitrogens is 6. The Morgan fingerprint density at radius 3 is 2.71 bits per heavy atom. The molecule has 174 valence electrons. The molecule has 0 fully saturated rings. The van der Waals surface area contributed by atoms with Crippen LogP contribution in [0.4, 0.5) is 5.69 Å². The molecule has 0 saturated heterocycles. The number of amides is 1. The molecule has 0 saturated carbocycles. The molecule has 0 spiro atoms. The molecule has 0 aliphatic heterocycles. The fraction of sp³-hybridized carbons (Fsp3) is 0.148. The van der Waals surface area contributed by atoms with Gasteiger partial charge >= 0.3 is 0 Å². The van der Waals surface area contributed by atoms with Crippen LogP contribution >= 0.6 is 0 Å². The van der Waals surface area contributed by atoms with Crippen molar-refractivity contribution in [2.24, 2.45) is 0 Å². The van der Waals surface area contributed by atoms with E-state index < -0.39 is 0 Å². The van der Waals surface area contributed by atoms with Crippen LogP contribution in [0.15, 0.2) is 85.6 Å². The highest BCUT2D eigenvalue weighted by molar-refractivity contribution is 6.03. The number of pyridine rings is 2. The second-order valence-corrected chi connectivity index (χ2v) is 8.50. The first-order valence-corrected chi connectivity index (χ1v) is 11.4. The van der Waals surface area contributed by atoms with E-state index in [1.54, 1.807) is 30.9 Å². The summed E-state index contributed by atoms with van der Waals surface area (Å²) in [4.78, 5) is 21.4. The van der Waals surface area contributed by atoms with Crippen molar-refractivity contribution in [3.05, 3.63) is 96.7 Å². The lowest BCUT2D eigenvalue weighted by Gasteiger charge is -2.06. The van der Waals surface area contributed by atoms with Gasteiger partial charge in [0.2, 0.25) is 5.91 Å². The first kappa shape index (κ1) is 22.2. The van der Waals surface area contributed by atoms with Gasteiger partial charge < -0.3 is 5.32 Å². The molecular formula is C27H25N7O. The van der Waals surface area contributed by atoms with Crippen LogP contribution in [0.25, 0.3) is 28.4 Å². The first-order valence-electron chi connectivity index (χ1n) is 11.4. The van der Waals surface area contributed by atoms with Gasteiger partial charge in [0.1, 0.15) is 5.69 Å². The number of rotatable bonds is 7. The molecule has 35 heavy (non-hydrogen) atoms. The van der Waals surface area contributed by atoms with E-state index in [0.717, 1.165) is 33.4 Å². The highest BCUT2D eigenvalue weighted by atomic mass is 16.1. The first-order chi connectivity index (χ1) is 17.1. The van der Waals surface area contributed by atoms with Gasteiger partial charge in [0.05, 0.1) is 24.6 Å². The average Bonchev–Trinajstić information content (AvgIpc) is 3.48. The van der Waals surface area contributed by atoms with Crippen molar-refractivity contribution in [2.75, 3.05) is 5.32 Å². The Hall–Kier alpha value is -4.59. The van der Waals surface area contributed by atoms with Crippen molar-refractivity contribution in [1.82, 2.24) is 29.5 Å². The molecule has 1 amide bonds. The minimum absolute atomic E-state index is 0.209. The predicted molar refractivity (Wildman–Crippen MR) is 137 cm³/mol. The fourth-order valence-corrected chi connectivity index (χ4v) is 3.87. The van der Waals surface area contributed by atoms with E-state index in [1.807, 2.05) is 52.0 Å². The van der Waals surface area contributed by atoms with Crippen molar-refractivity contribution in [2.45, 2.75) is 26.4 Å². The van der Waals surface area contributed by atoms with Gasteiger partial charge in [-0.05, 0) is 43.7 Å². The maximum absolute atomic E-state index is 12.7.